The van der Waals surface area contributed by atoms with Crippen LogP contribution in [0.5, 0.6) is 0 Å². The maximum atomic E-state index is 4.48. The molecule has 0 unspecified atom stereocenters. The maximum Gasteiger partial charge on any atom is 0.142 e. The minimum absolute atomic E-state index is 0.607. The van der Waals surface area contributed by atoms with Crippen molar-refractivity contribution in [1.82, 2.24) is 19.3 Å². The van der Waals surface area contributed by atoms with Gasteiger partial charge in [-0.2, -0.15) is 0 Å². The maximum absolute atomic E-state index is 4.48. The van der Waals surface area contributed by atoms with Gasteiger partial charge < -0.3 is 9.88 Å². The molecule has 1 aliphatic rings. The van der Waals surface area contributed by atoms with E-state index in [1.165, 1.54) is 18.6 Å². The van der Waals surface area contributed by atoms with Crippen molar-refractivity contribution in [3.05, 3.63) is 18.6 Å². The number of fused-ring (bicyclic) bond motifs is 1. The van der Waals surface area contributed by atoms with E-state index in [2.05, 4.69) is 51.2 Å². The highest BCUT2D eigenvalue weighted by Gasteiger charge is 2.33. The molecule has 1 fully saturated rings. The molecule has 2 aromatic rings. The lowest BCUT2D eigenvalue weighted by Gasteiger charge is -2.42. The van der Waals surface area contributed by atoms with E-state index in [1.807, 2.05) is 18.1 Å². The fraction of sp³-hybridized carbons (Fsp3) is 0.600. The number of nitrogens with zero attached hydrogens (tertiary/aromatic N) is 4. The minimum Gasteiger partial charge on any atom is -0.356 e. The Bertz CT molecular complexity index is 593. The lowest BCUT2D eigenvalue weighted by atomic mass is 9.81. The van der Waals surface area contributed by atoms with Crippen molar-refractivity contribution in [1.29, 1.82) is 0 Å². The van der Waals surface area contributed by atoms with Crippen molar-refractivity contribution in [2.75, 3.05) is 31.3 Å². The predicted octanol–water partition coefficient (Wildman–Crippen LogP) is 2.77. The van der Waals surface area contributed by atoms with Crippen molar-refractivity contribution in [2.24, 2.45) is 5.92 Å². The van der Waals surface area contributed by atoms with Gasteiger partial charge in [-0.3, -0.25) is 4.31 Å². The van der Waals surface area contributed by atoms with Crippen LogP contribution >= 0.6 is 11.9 Å². The number of H-pyrrole nitrogens is 1. The van der Waals surface area contributed by atoms with E-state index in [4.69, 9.17) is 0 Å². The molecule has 1 aliphatic carbocycles. The van der Waals surface area contributed by atoms with Crippen molar-refractivity contribution >= 4 is 28.8 Å². The fourth-order valence-corrected chi connectivity index (χ4v) is 3.71. The quantitative estimate of drug-likeness (QED) is 0.832. The Labute approximate surface area is 130 Å². The standard InChI is InChI=1S/C15H23N5S/c1-4-19(2)21-9-11-7-12(8-11)20(3)15-13-5-6-16-14(13)17-10-18-15/h5-6,10-12H,4,7-9H2,1-3H3,(H,16,17,18)/t11-,12+. The van der Waals surface area contributed by atoms with Gasteiger partial charge in [-0.15, -0.1) is 0 Å². The summed E-state index contributed by atoms with van der Waals surface area (Å²) in [5, 5.41) is 1.11. The number of hydrogen-bond donors (Lipinski definition) is 1. The third-order valence-corrected chi connectivity index (χ3v) is 5.72. The third kappa shape index (κ3) is 3.01. The van der Waals surface area contributed by atoms with Crippen LogP contribution in [0.25, 0.3) is 11.0 Å². The van der Waals surface area contributed by atoms with E-state index in [9.17, 15) is 0 Å². The van der Waals surface area contributed by atoms with Gasteiger partial charge in [-0.25, -0.2) is 9.97 Å². The number of aromatic amines is 1. The first-order valence-corrected chi connectivity index (χ1v) is 8.48. The van der Waals surface area contributed by atoms with E-state index in [0.717, 1.165) is 29.3 Å². The Hall–Kier alpha value is -1.27. The Morgan fingerprint density at radius 3 is 2.90 bits per heavy atom. The summed E-state index contributed by atoms with van der Waals surface area (Å²) in [5.74, 6) is 3.11. The first kappa shape index (κ1) is 14.7. The average Bonchev–Trinajstić information content (AvgIpc) is 2.93. The van der Waals surface area contributed by atoms with Gasteiger partial charge in [0.2, 0.25) is 0 Å². The highest BCUT2D eigenvalue weighted by molar-refractivity contribution is 7.97. The van der Waals surface area contributed by atoms with Crippen molar-refractivity contribution in [2.45, 2.75) is 25.8 Å². The van der Waals surface area contributed by atoms with Crippen molar-refractivity contribution < 1.29 is 0 Å². The molecule has 0 aromatic carbocycles. The average molecular weight is 305 g/mol. The Balaban J connectivity index is 1.58. The second-order valence-electron chi connectivity index (χ2n) is 5.78. The molecule has 0 saturated heterocycles. The van der Waals surface area contributed by atoms with Gasteiger partial charge in [0, 0.05) is 31.6 Å². The Kier molecular flexibility index (Phi) is 4.35. The molecule has 114 valence electrons. The van der Waals surface area contributed by atoms with Gasteiger partial charge in [0.15, 0.2) is 0 Å². The highest BCUT2D eigenvalue weighted by atomic mass is 32.2. The van der Waals surface area contributed by atoms with Gasteiger partial charge in [0.05, 0.1) is 5.39 Å². The van der Waals surface area contributed by atoms with Crippen LogP contribution in [-0.4, -0.2) is 51.7 Å². The summed E-state index contributed by atoms with van der Waals surface area (Å²) in [4.78, 5) is 14.2. The van der Waals surface area contributed by atoms with Gasteiger partial charge in [-0.05, 0) is 31.9 Å². The minimum atomic E-state index is 0.607. The second-order valence-corrected chi connectivity index (χ2v) is 6.99. The molecule has 0 aliphatic heterocycles. The van der Waals surface area contributed by atoms with Crippen LogP contribution in [0, 0.1) is 5.92 Å². The fourth-order valence-electron chi connectivity index (χ4n) is 2.79. The molecule has 0 radical (unpaired) electrons. The molecular formula is C15H23N5S. The summed E-state index contributed by atoms with van der Waals surface area (Å²) in [6.07, 6.45) is 6.10. The summed E-state index contributed by atoms with van der Waals surface area (Å²) in [5.41, 5.74) is 0.919. The topological polar surface area (TPSA) is 48.1 Å². The molecule has 6 heteroatoms. The lowest BCUT2D eigenvalue weighted by Crippen LogP contribution is -2.44. The van der Waals surface area contributed by atoms with Gasteiger partial charge in [0.1, 0.15) is 17.8 Å². The first-order valence-electron chi connectivity index (χ1n) is 7.54. The summed E-state index contributed by atoms with van der Waals surface area (Å²) >= 11 is 1.96. The summed E-state index contributed by atoms with van der Waals surface area (Å²) in [6, 6.07) is 2.67. The zero-order valence-corrected chi connectivity index (χ0v) is 13.7. The van der Waals surface area contributed by atoms with E-state index < -0.39 is 0 Å². The molecule has 1 saturated carbocycles. The van der Waals surface area contributed by atoms with Crippen molar-refractivity contribution in [3.8, 4) is 0 Å². The summed E-state index contributed by atoms with van der Waals surface area (Å²) in [6.45, 7) is 3.30. The lowest BCUT2D eigenvalue weighted by molar-refractivity contribution is 0.284. The van der Waals surface area contributed by atoms with Gasteiger partial charge in [0.25, 0.3) is 0 Å². The number of anilines is 1. The molecule has 3 rings (SSSR count). The van der Waals surface area contributed by atoms with E-state index in [0.29, 0.717) is 6.04 Å². The van der Waals surface area contributed by atoms with E-state index in [1.54, 1.807) is 6.33 Å². The SMILES string of the molecule is CCN(C)SC[C@H]1C[C@@H](N(C)c2ncnc3[nH]ccc23)C1. The molecular weight excluding hydrogens is 282 g/mol. The molecule has 0 atom stereocenters. The summed E-state index contributed by atoms with van der Waals surface area (Å²) < 4.78 is 2.31. The molecule has 0 amide bonds. The molecule has 1 N–H and O–H groups in total. The predicted molar refractivity (Wildman–Crippen MR) is 89.6 cm³/mol. The molecule has 5 nitrogen and oxygen atoms in total. The van der Waals surface area contributed by atoms with E-state index in [-0.39, 0.29) is 0 Å². The molecule has 21 heavy (non-hydrogen) atoms. The van der Waals surface area contributed by atoms with Gasteiger partial charge in [-0.1, -0.05) is 18.9 Å². The number of rotatable bonds is 6. The Morgan fingerprint density at radius 2 is 2.14 bits per heavy atom. The van der Waals surface area contributed by atoms with Crippen molar-refractivity contribution in [3.63, 3.8) is 0 Å². The molecule has 2 heterocycles. The van der Waals surface area contributed by atoms with Crippen LogP contribution in [0.3, 0.4) is 0 Å². The van der Waals surface area contributed by atoms with Gasteiger partial charge >= 0.3 is 0 Å². The molecule has 0 bridgehead atoms. The largest absolute Gasteiger partial charge is 0.356 e. The molecule has 0 spiro atoms. The Morgan fingerprint density at radius 1 is 1.33 bits per heavy atom. The van der Waals surface area contributed by atoms with Crippen LogP contribution < -0.4 is 4.90 Å². The zero-order valence-electron chi connectivity index (χ0n) is 12.9. The van der Waals surface area contributed by atoms with Crippen LogP contribution in [0.15, 0.2) is 18.6 Å². The number of hydrogen-bond acceptors (Lipinski definition) is 5. The van der Waals surface area contributed by atoms with Crippen LogP contribution in [-0.2, 0) is 0 Å². The molecule has 2 aromatic heterocycles. The number of nitrogens with one attached hydrogen (secondary N) is 1. The third-order valence-electron chi connectivity index (χ3n) is 4.40. The highest BCUT2D eigenvalue weighted by Crippen LogP contribution is 2.36. The summed E-state index contributed by atoms with van der Waals surface area (Å²) in [7, 11) is 4.32. The van der Waals surface area contributed by atoms with Crippen LogP contribution in [0.4, 0.5) is 5.82 Å². The monoisotopic (exact) mass is 305 g/mol. The second kappa shape index (κ2) is 6.23. The first-order chi connectivity index (χ1) is 10.2. The number of aromatic nitrogens is 3. The van der Waals surface area contributed by atoms with E-state index >= 15 is 0 Å². The normalized spacial score (nSPS) is 21.7. The smallest absolute Gasteiger partial charge is 0.142 e. The van der Waals surface area contributed by atoms with Crippen LogP contribution in [0.1, 0.15) is 19.8 Å². The van der Waals surface area contributed by atoms with Crippen LogP contribution in [0.2, 0.25) is 0 Å². The zero-order chi connectivity index (χ0) is 14.8.